The minimum atomic E-state index is -1.14. The van der Waals surface area contributed by atoms with E-state index in [0.717, 1.165) is 0 Å². The van der Waals surface area contributed by atoms with Gasteiger partial charge in [-0.15, -0.1) is 0 Å². The second-order valence-corrected chi connectivity index (χ2v) is 10.4. The van der Waals surface area contributed by atoms with Crippen LogP contribution < -0.4 is 15.4 Å². The van der Waals surface area contributed by atoms with Crippen LogP contribution in [0.1, 0.15) is 26.7 Å². The number of hydrogen-bond acceptors (Lipinski definition) is 6. The molecule has 0 aromatic heterocycles. The van der Waals surface area contributed by atoms with Crippen LogP contribution >= 0.6 is 0 Å². The lowest BCUT2D eigenvalue weighted by molar-refractivity contribution is -0.144. The van der Waals surface area contributed by atoms with Gasteiger partial charge in [0.15, 0.2) is 0 Å². The highest BCUT2D eigenvalue weighted by atomic mass is 16.5. The van der Waals surface area contributed by atoms with Crippen LogP contribution in [0.4, 0.5) is 11.4 Å². The average molecular weight is 508 g/mol. The largest absolute Gasteiger partial charge is 0.497 e. The summed E-state index contributed by atoms with van der Waals surface area (Å²) in [7, 11) is 1.57. The molecular formula is C28H33N3O6. The topological polar surface area (TPSA) is 117 Å². The summed E-state index contributed by atoms with van der Waals surface area (Å²) in [5.41, 5.74) is -0.848. The number of amides is 3. The molecule has 2 bridgehead atoms. The summed E-state index contributed by atoms with van der Waals surface area (Å²) in [6.45, 7) is 3.95. The van der Waals surface area contributed by atoms with Crippen molar-refractivity contribution in [2.75, 3.05) is 30.9 Å². The second kappa shape index (κ2) is 9.46. The van der Waals surface area contributed by atoms with Crippen molar-refractivity contribution in [1.82, 2.24) is 4.90 Å². The van der Waals surface area contributed by atoms with Gasteiger partial charge in [-0.3, -0.25) is 14.4 Å². The van der Waals surface area contributed by atoms with Gasteiger partial charge in [0, 0.05) is 24.5 Å². The van der Waals surface area contributed by atoms with Crippen molar-refractivity contribution in [2.24, 2.45) is 17.8 Å². The van der Waals surface area contributed by atoms with E-state index in [-0.39, 0.29) is 36.8 Å². The molecule has 3 aliphatic rings. The standard InChI is InChI=1S/C28H33N3O6/c1-17-16-28-22(21(27(17,2)37-28)24(33)29-18-8-5-4-6-9-18)26(35)31(14-7-15-32)23(28)25(34)30-19-10-12-20(36-3)13-11-19/h4-6,8-13,17,21-23,32H,7,14-16H2,1-3H3,(H,29,33)(H,30,34)/t17?,21-,22+,23?,27+,28?/m1/s1. The zero-order valence-corrected chi connectivity index (χ0v) is 21.3. The maximum Gasteiger partial charge on any atom is 0.250 e. The first-order valence-corrected chi connectivity index (χ1v) is 12.7. The minimum absolute atomic E-state index is 0.0582. The van der Waals surface area contributed by atoms with Gasteiger partial charge in [-0.2, -0.15) is 0 Å². The van der Waals surface area contributed by atoms with Gasteiger partial charge in [-0.05, 0) is 62.1 Å². The Labute approximate surface area is 216 Å². The van der Waals surface area contributed by atoms with E-state index < -0.39 is 29.1 Å². The SMILES string of the molecule is COc1ccc(NC(=O)C2N(CCCO)C(=O)[C@@H]3[C@H](C(=O)Nc4ccccc4)[C@@]4(C)OC23CC4C)cc1. The molecule has 3 unspecified atom stereocenters. The quantitative estimate of drug-likeness (QED) is 0.506. The van der Waals surface area contributed by atoms with Gasteiger partial charge in [-0.25, -0.2) is 0 Å². The van der Waals surface area contributed by atoms with Crippen molar-refractivity contribution in [1.29, 1.82) is 0 Å². The summed E-state index contributed by atoms with van der Waals surface area (Å²) in [5.74, 6) is -1.92. The van der Waals surface area contributed by atoms with Gasteiger partial charge < -0.3 is 30.1 Å². The van der Waals surface area contributed by atoms with Gasteiger partial charge in [0.25, 0.3) is 0 Å². The molecule has 2 aromatic carbocycles. The van der Waals surface area contributed by atoms with Crippen molar-refractivity contribution < 1.29 is 29.0 Å². The number of nitrogens with one attached hydrogen (secondary N) is 2. The number of rotatable bonds is 8. The monoisotopic (exact) mass is 507 g/mol. The Morgan fingerprint density at radius 1 is 1.08 bits per heavy atom. The highest BCUT2D eigenvalue weighted by Gasteiger charge is 2.79. The zero-order chi connectivity index (χ0) is 26.4. The van der Waals surface area contributed by atoms with Crippen LogP contribution in [0.25, 0.3) is 0 Å². The predicted molar refractivity (Wildman–Crippen MR) is 137 cm³/mol. The van der Waals surface area contributed by atoms with Gasteiger partial charge in [-0.1, -0.05) is 25.1 Å². The smallest absolute Gasteiger partial charge is 0.250 e. The molecule has 3 amide bonds. The number of likely N-dealkylation sites (tertiary alicyclic amines) is 1. The third-order valence-corrected chi connectivity index (χ3v) is 8.30. The van der Waals surface area contributed by atoms with E-state index in [9.17, 15) is 19.5 Å². The van der Waals surface area contributed by atoms with Crippen LogP contribution in [0.5, 0.6) is 5.75 Å². The summed E-state index contributed by atoms with van der Waals surface area (Å²) >= 11 is 0. The number of para-hydroxylation sites is 1. The van der Waals surface area contributed by atoms with Crippen LogP contribution in [-0.4, -0.2) is 65.2 Å². The Bertz CT molecular complexity index is 1190. The van der Waals surface area contributed by atoms with E-state index in [4.69, 9.17) is 9.47 Å². The third kappa shape index (κ3) is 3.97. The first kappa shape index (κ1) is 25.2. The number of aliphatic hydroxyl groups is 1. The number of aliphatic hydroxyl groups excluding tert-OH is 1. The van der Waals surface area contributed by atoms with Crippen LogP contribution in [0.2, 0.25) is 0 Å². The number of benzene rings is 2. The normalized spacial score (nSPS) is 31.8. The fourth-order valence-corrected chi connectivity index (χ4v) is 6.55. The van der Waals surface area contributed by atoms with E-state index >= 15 is 0 Å². The van der Waals surface area contributed by atoms with Crippen LogP contribution in [0.15, 0.2) is 54.6 Å². The number of carbonyl (C=O) groups is 3. The maximum absolute atomic E-state index is 13.9. The molecule has 5 rings (SSSR count). The van der Waals surface area contributed by atoms with Gasteiger partial charge >= 0.3 is 0 Å². The first-order valence-electron chi connectivity index (χ1n) is 12.7. The molecule has 0 radical (unpaired) electrons. The number of ether oxygens (including phenoxy) is 2. The molecular weight excluding hydrogens is 474 g/mol. The number of anilines is 2. The highest BCUT2D eigenvalue weighted by Crippen LogP contribution is 2.65. The summed E-state index contributed by atoms with van der Waals surface area (Å²) in [6.07, 6.45) is 0.792. The van der Waals surface area contributed by atoms with Crippen molar-refractivity contribution in [3.63, 3.8) is 0 Å². The summed E-state index contributed by atoms with van der Waals surface area (Å²) in [4.78, 5) is 42.9. The van der Waals surface area contributed by atoms with E-state index in [1.165, 1.54) is 4.90 Å². The number of methoxy groups -OCH3 is 1. The summed E-state index contributed by atoms with van der Waals surface area (Å²) in [5, 5.41) is 15.4. The molecule has 1 spiro atoms. The molecule has 2 aromatic rings. The zero-order valence-electron chi connectivity index (χ0n) is 21.3. The Morgan fingerprint density at radius 3 is 2.38 bits per heavy atom. The van der Waals surface area contributed by atoms with Gasteiger partial charge in [0.1, 0.15) is 17.4 Å². The fraction of sp³-hybridized carbons (Fsp3) is 0.464. The van der Waals surface area contributed by atoms with Gasteiger partial charge in [0.2, 0.25) is 17.7 Å². The van der Waals surface area contributed by atoms with Crippen LogP contribution in [0, 0.1) is 17.8 Å². The molecule has 0 saturated carbocycles. The lowest BCUT2D eigenvalue weighted by Crippen LogP contribution is -2.54. The molecule has 3 saturated heterocycles. The Hall–Kier alpha value is -3.43. The Balaban J connectivity index is 1.50. The number of nitrogens with zero attached hydrogens (tertiary/aromatic N) is 1. The summed E-state index contributed by atoms with van der Waals surface area (Å²) in [6, 6.07) is 15.1. The number of fused-ring (bicyclic) bond motifs is 1. The number of hydrogen-bond donors (Lipinski definition) is 3. The third-order valence-electron chi connectivity index (χ3n) is 8.30. The highest BCUT2D eigenvalue weighted by molar-refractivity contribution is 6.05. The molecule has 0 aliphatic carbocycles. The molecule has 3 fully saturated rings. The lowest BCUT2D eigenvalue weighted by Gasteiger charge is -2.36. The van der Waals surface area contributed by atoms with Crippen molar-refractivity contribution >= 4 is 29.1 Å². The molecule has 37 heavy (non-hydrogen) atoms. The Kier molecular flexibility index (Phi) is 6.45. The van der Waals surface area contributed by atoms with Crippen molar-refractivity contribution in [3.8, 4) is 5.75 Å². The molecule has 9 nitrogen and oxygen atoms in total. The van der Waals surface area contributed by atoms with E-state index in [1.807, 2.05) is 32.0 Å². The predicted octanol–water partition coefficient (Wildman–Crippen LogP) is 2.67. The molecule has 3 heterocycles. The fourth-order valence-electron chi connectivity index (χ4n) is 6.55. The lowest BCUT2D eigenvalue weighted by atomic mass is 9.62. The van der Waals surface area contributed by atoms with Crippen LogP contribution in [0.3, 0.4) is 0 Å². The first-order chi connectivity index (χ1) is 17.7. The molecule has 3 N–H and O–H groups in total. The second-order valence-electron chi connectivity index (χ2n) is 10.4. The molecule has 9 heteroatoms. The minimum Gasteiger partial charge on any atom is -0.497 e. The summed E-state index contributed by atoms with van der Waals surface area (Å²) < 4.78 is 11.9. The molecule has 3 aliphatic heterocycles. The van der Waals surface area contributed by atoms with E-state index in [1.54, 1.807) is 43.5 Å². The van der Waals surface area contributed by atoms with Crippen molar-refractivity contribution in [3.05, 3.63) is 54.6 Å². The molecule has 196 valence electrons. The number of carbonyl (C=O) groups excluding carboxylic acids is 3. The average Bonchev–Trinajstić information content (AvgIpc) is 3.40. The van der Waals surface area contributed by atoms with Crippen molar-refractivity contribution in [2.45, 2.75) is 43.9 Å². The van der Waals surface area contributed by atoms with Gasteiger partial charge in [0.05, 0.1) is 24.5 Å². The Morgan fingerprint density at radius 2 is 1.73 bits per heavy atom. The molecule has 6 atom stereocenters. The maximum atomic E-state index is 13.9. The van der Waals surface area contributed by atoms with E-state index in [2.05, 4.69) is 10.6 Å². The van der Waals surface area contributed by atoms with Crippen LogP contribution in [-0.2, 0) is 19.1 Å². The van der Waals surface area contributed by atoms with E-state index in [0.29, 0.717) is 30.0 Å².